The second kappa shape index (κ2) is 12.1. The summed E-state index contributed by atoms with van der Waals surface area (Å²) in [6.07, 6.45) is 0.229. The fourth-order valence-corrected chi connectivity index (χ4v) is 5.39. The maximum absolute atomic E-state index is 14.7. The summed E-state index contributed by atoms with van der Waals surface area (Å²) in [6, 6.07) is 13.2. The molecule has 5 rings (SSSR count). The molecular formula is C31H27Cl2F2N5O3. The Morgan fingerprint density at radius 3 is 2.35 bits per heavy atom. The molecule has 2 amide bonds. The third-order valence-electron chi connectivity index (χ3n) is 7.43. The summed E-state index contributed by atoms with van der Waals surface area (Å²) in [5.41, 5.74) is 1.75. The number of nitrogens with one attached hydrogen (secondary N) is 2. The van der Waals surface area contributed by atoms with Gasteiger partial charge in [0.2, 0.25) is 5.95 Å². The maximum Gasteiger partial charge on any atom is 0.263 e. The highest BCUT2D eigenvalue weighted by molar-refractivity contribution is 6.42. The van der Waals surface area contributed by atoms with E-state index < -0.39 is 17.7 Å². The van der Waals surface area contributed by atoms with Gasteiger partial charge in [-0.1, -0.05) is 29.3 Å². The van der Waals surface area contributed by atoms with E-state index in [1.165, 1.54) is 23.7 Å². The van der Waals surface area contributed by atoms with Crippen LogP contribution in [0.1, 0.15) is 57.4 Å². The first-order valence-corrected chi connectivity index (χ1v) is 14.2. The molecule has 0 saturated carbocycles. The molecule has 3 aromatic carbocycles. The second-order valence-electron chi connectivity index (χ2n) is 10.3. The lowest BCUT2D eigenvalue weighted by atomic mass is 9.98. The zero-order valence-electron chi connectivity index (χ0n) is 23.4. The molecule has 12 heteroatoms. The van der Waals surface area contributed by atoms with E-state index in [4.69, 9.17) is 28.2 Å². The molecule has 0 radical (unpaired) electrons. The number of fused-ring (bicyclic) bond motifs is 1. The molecule has 1 aliphatic heterocycles. The van der Waals surface area contributed by atoms with Crippen molar-refractivity contribution in [2.45, 2.75) is 38.9 Å². The maximum atomic E-state index is 14.7. The summed E-state index contributed by atoms with van der Waals surface area (Å²) in [7, 11) is 1.52. The standard InChI is InChI=1S/C31H27Cl2F2N5O3/c1-16-12-23-27(15-39(16)29(42)19-6-11-24(32)25(33)13-19)38-31(37-17(2)22-10-7-20(34)14-26(22)35)40(30(23)43)21-8-4-18(5-9-21)28(41)36-3/h4-11,13-14,16-17H,12,15H2,1-3H3,(H,36,41)(H,37,38)/t16-,17?/m1/s1. The fourth-order valence-electron chi connectivity index (χ4n) is 5.09. The Bertz CT molecular complexity index is 1800. The Kier molecular flexibility index (Phi) is 8.52. The Hall–Kier alpha value is -4.28. The van der Waals surface area contributed by atoms with E-state index in [0.29, 0.717) is 33.1 Å². The monoisotopic (exact) mass is 625 g/mol. The van der Waals surface area contributed by atoms with Gasteiger partial charge in [-0.2, -0.15) is 0 Å². The highest BCUT2D eigenvalue weighted by Crippen LogP contribution is 2.29. The largest absolute Gasteiger partial charge is 0.355 e. The summed E-state index contributed by atoms with van der Waals surface area (Å²) in [6.45, 7) is 3.53. The van der Waals surface area contributed by atoms with Gasteiger partial charge in [0.1, 0.15) is 11.6 Å². The van der Waals surface area contributed by atoms with Gasteiger partial charge >= 0.3 is 0 Å². The van der Waals surface area contributed by atoms with Gasteiger partial charge in [-0.3, -0.25) is 14.4 Å². The average Bonchev–Trinajstić information content (AvgIpc) is 2.98. The first-order valence-electron chi connectivity index (χ1n) is 13.4. The average molecular weight is 626 g/mol. The predicted molar refractivity (Wildman–Crippen MR) is 161 cm³/mol. The lowest BCUT2D eigenvalue weighted by Crippen LogP contribution is -2.46. The molecule has 1 aromatic heterocycles. The first kappa shape index (κ1) is 30.2. The molecule has 0 aliphatic carbocycles. The van der Waals surface area contributed by atoms with E-state index in [1.54, 1.807) is 48.2 Å². The summed E-state index contributed by atoms with van der Waals surface area (Å²) < 4.78 is 29.6. The molecule has 1 unspecified atom stereocenters. The minimum Gasteiger partial charge on any atom is -0.355 e. The zero-order valence-corrected chi connectivity index (χ0v) is 24.9. The number of anilines is 1. The molecule has 2 N–H and O–H groups in total. The van der Waals surface area contributed by atoms with Gasteiger partial charge in [0, 0.05) is 41.4 Å². The molecule has 1 aliphatic rings. The third kappa shape index (κ3) is 5.98. The van der Waals surface area contributed by atoms with Crippen LogP contribution in [0.25, 0.3) is 5.69 Å². The van der Waals surface area contributed by atoms with Gasteiger partial charge in [-0.25, -0.2) is 18.3 Å². The molecule has 0 fully saturated rings. The van der Waals surface area contributed by atoms with Crippen molar-refractivity contribution in [3.63, 3.8) is 0 Å². The molecule has 4 aromatic rings. The van der Waals surface area contributed by atoms with Crippen LogP contribution in [0.5, 0.6) is 0 Å². The van der Waals surface area contributed by atoms with E-state index >= 15 is 0 Å². The lowest BCUT2D eigenvalue weighted by Gasteiger charge is -2.35. The van der Waals surface area contributed by atoms with Crippen molar-refractivity contribution in [3.8, 4) is 5.69 Å². The van der Waals surface area contributed by atoms with Crippen LogP contribution in [-0.2, 0) is 13.0 Å². The van der Waals surface area contributed by atoms with Crippen molar-refractivity contribution >= 4 is 41.0 Å². The van der Waals surface area contributed by atoms with E-state index in [0.717, 1.165) is 12.1 Å². The number of hydrogen-bond acceptors (Lipinski definition) is 5. The van der Waals surface area contributed by atoms with Gasteiger partial charge in [0.15, 0.2) is 0 Å². The molecule has 0 saturated heterocycles. The van der Waals surface area contributed by atoms with Gasteiger partial charge < -0.3 is 15.5 Å². The van der Waals surface area contributed by atoms with E-state index in [9.17, 15) is 23.2 Å². The van der Waals surface area contributed by atoms with Crippen molar-refractivity contribution in [2.24, 2.45) is 0 Å². The topological polar surface area (TPSA) is 96.3 Å². The van der Waals surface area contributed by atoms with E-state index in [1.807, 2.05) is 6.92 Å². The molecule has 2 heterocycles. The van der Waals surface area contributed by atoms with Crippen molar-refractivity contribution < 1.29 is 18.4 Å². The summed E-state index contributed by atoms with van der Waals surface area (Å²) in [5, 5.41) is 6.22. The Balaban J connectivity index is 1.59. The van der Waals surface area contributed by atoms with Crippen LogP contribution in [0.2, 0.25) is 10.0 Å². The quantitative estimate of drug-likeness (QED) is 0.277. The molecule has 222 valence electrons. The van der Waals surface area contributed by atoms with Gasteiger partial charge in [0.25, 0.3) is 17.4 Å². The molecule has 43 heavy (non-hydrogen) atoms. The minimum absolute atomic E-state index is 0.0369. The second-order valence-corrected chi connectivity index (χ2v) is 11.1. The zero-order chi connectivity index (χ0) is 31.0. The Morgan fingerprint density at radius 2 is 1.70 bits per heavy atom. The third-order valence-corrected chi connectivity index (χ3v) is 8.17. The minimum atomic E-state index is -0.756. The molecular weight excluding hydrogens is 599 g/mol. The Morgan fingerprint density at radius 1 is 1.00 bits per heavy atom. The van der Waals surface area contributed by atoms with Crippen molar-refractivity contribution in [1.29, 1.82) is 0 Å². The highest BCUT2D eigenvalue weighted by atomic mass is 35.5. The number of carbonyl (C=O) groups is 2. The van der Waals surface area contributed by atoms with Gasteiger partial charge in [-0.15, -0.1) is 0 Å². The molecule has 0 bridgehead atoms. The van der Waals surface area contributed by atoms with Crippen molar-refractivity contribution in [2.75, 3.05) is 12.4 Å². The van der Waals surface area contributed by atoms with Gasteiger partial charge in [-0.05, 0) is 68.8 Å². The molecule has 2 atom stereocenters. The van der Waals surface area contributed by atoms with Crippen LogP contribution >= 0.6 is 23.2 Å². The number of benzene rings is 3. The molecule has 0 spiro atoms. The van der Waals surface area contributed by atoms with E-state index in [-0.39, 0.29) is 52.9 Å². The number of rotatable bonds is 6. The molecule has 8 nitrogen and oxygen atoms in total. The smallest absolute Gasteiger partial charge is 0.263 e. The van der Waals surface area contributed by atoms with Crippen LogP contribution in [-0.4, -0.2) is 39.4 Å². The summed E-state index contributed by atoms with van der Waals surface area (Å²) in [5.74, 6) is -1.97. The van der Waals surface area contributed by atoms with Gasteiger partial charge in [0.05, 0.1) is 34.0 Å². The van der Waals surface area contributed by atoms with Crippen molar-refractivity contribution in [3.05, 3.63) is 121 Å². The van der Waals surface area contributed by atoms with E-state index in [2.05, 4.69) is 10.6 Å². The van der Waals surface area contributed by atoms with Crippen molar-refractivity contribution in [1.82, 2.24) is 19.8 Å². The normalized spacial score (nSPS) is 15.0. The predicted octanol–water partition coefficient (Wildman–Crippen LogP) is 5.94. The van der Waals surface area contributed by atoms with Crippen LogP contribution in [0.4, 0.5) is 14.7 Å². The van der Waals surface area contributed by atoms with Crippen LogP contribution in [0.3, 0.4) is 0 Å². The number of halogens is 4. The number of aromatic nitrogens is 2. The first-order chi connectivity index (χ1) is 20.5. The number of amides is 2. The number of carbonyl (C=O) groups excluding carboxylic acids is 2. The fraction of sp³-hybridized carbons (Fsp3) is 0.226. The highest BCUT2D eigenvalue weighted by Gasteiger charge is 2.32. The Labute approximate surface area is 256 Å². The van der Waals surface area contributed by atoms with Crippen LogP contribution in [0.15, 0.2) is 65.5 Å². The summed E-state index contributed by atoms with van der Waals surface area (Å²) >= 11 is 12.2. The SMILES string of the molecule is CNC(=O)c1ccc(-n2c(NC(C)c3ccc(F)cc3F)nc3c(c2=O)C[C@@H](C)N(C(=O)c2ccc(Cl)c(Cl)c2)C3)cc1. The lowest BCUT2D eigenvalue weighted by molar-refractivity contribution is 0.0653. The summed E-state index contributed by atoms with van der Waals surface area (Å²) in [4.78, 5) is 46.0. The van der Waals surface area contributed by atoms with Crippen LogP contribution in [0, 0.1) is 11.6 Å². The number of hydrogen-bond donors (Lipinski definition) is 2. The number of nitrogens with zero attached hydrogens (tertiary/aromatic N) is 3. The van der Waals surface area contributed by atoms with Crippen LogP contribution < -0.4 is 16.2 Å².